The number of aryl methyl sites for hydroxylation is 2. The van der Waals surface area contributed by atoms with Crippen molar-refractivity contribution in [3.8, 4) is 5.69 Å². The number of nitrogens with one attached hydrogen (secondary N) is 1. The van der Waals surface area contributed by atoms with Crippen LogP contribution in [0.25, 0.3) is 16.6 Å². The fraction of sp³-hybridized carbons (Fsp3) is 0.444. The third-order valence-electron chi connectivity index (χ3n) is 5.08. The van der Waals surface area contributed by atoms with Gasteiger partial charge in [-0.05, 0) is 61.5 Å². The third-order valence-corrected chi connectivity index (χ3v) is 5.08. The van der Waals surface area contributed by atoms with Gasteiger partial charge in [0.25, 0.3) is 0 Å². The second kappa shape index (κ2) is 5.49. The highest BCUT2D eigenvalue weighted by Crippen LogP contribution is 2.34. The van der Waals surface area contributed by atoms with Crippen LogP contribution in [-0.2, 0) is 7.05 Å². The summed E-state index contributed by atoms with van der Waals surface area (Å²) < 4.78 is 3.81. The fourth-order valence-electron chi connectivity index (χ4n) is 3.80. The third kappa shape index (κ3) is 2.45. The van der Waals surface area contributed by atoms with Crippen LogP contribution in [0.2, 0.25) is 0 Å². The van der Waals surface area contributed by atoms with E-state index < -0.39 is 0 Å². The zero-order valence-corrected chi connectivity index (χ0v) is 14.0. The van der Waals surface area contributed by atoms with Crippen LogP contribution in [0.4, 0.5) is 0 Å². The van der Waals surface area contributed by atoms with Crippen LogP contribution in [0.15, 0.2) is 30.7 Å². The lowest BCUT2D eigenvalue weighted by molar-refractivity contribution is 0.349. The molecule has 3 aromatic rings. The summed E-state index contributed by atoms with van der Waals surface area (Å²) in [5.41, 5.74) is 5.03. The lowest BCUT2D eigenvalue weighted by Gasteiger charge is -2.31. The SMILES string of the molecule is Cc1cc2cnn(-c3cnn(C)c3)c2cc1[C@@H]1CCNC[C@@H]1C. The molecule has 2 atom stereocenters. The molecule has 0 amide bonds. The van der Waals surface area contributed by atoms with Crippen LogP contribution in [0.3, 0.4) is 0 Å². The Bertz CT molecular complexity index is 844. The van der Waals surface area contributed by atoms with E-state index in [1.165, 1.54) is 28.5 Å². The molecule has 2 aromatic heterocycles. The van der Waals surface area contributed by atoms with Crippen LogP contribution in [-0.4, -0.2) is 32.7 Å². The average Bonchev–Trinajstić information content (AvgIpc) is 3.13. The molecule has 0 aliphatic carbocycles. The van der Waals surface area contributed by atoms with E-state index in [-0.39, 0.29) is 0 Å². The number of hydrogen-bond donors (Lipinski definition) is 1. The largest absolute Gasteiger partial charge is 0.316 e. The zero-order valence-electron chi connectivity index (χ0n) is 14.0. The quantitative estimate of drug-likeness (QED) is 0.792. The maximum Gasteiger partial charge on any atom is 0.103 e. The van der Waals surface area contributed by atoms with Crippen molar-refractivity contribution in [1.29, 1.82) is 0 Å². The molecule has 0 spiro atoms. The summed E-state index contributed by atoms with van der Waals surface area (Å²) >= 11 is 0. The minimum atomic E-state index is 0.623. The minimum absolute atomic E-state index is 0.623. The smallest absolute Gasteiger partial charge is 0.103 e. The number of piperidine rings is 1. The van der Waals surface area contributed by atoms with Gasteiger partial charge in [0, 0.05) is 12.4 Å². The fourth-order valence-corrected chi connectivity index (χ4v) is 3.80. The van der Waals surface area contributed by atoms with Gasteiger partial charge >= 0.3 is 0 Å². The van der Waals surface area contributed by atoms with Gasteiger partial charge in [-0.15, -0.1) is 0 Å². The topological polar surface area (TPSA) is 47.7 Å². The molecular formula is C18H23N5. The van der Waals surface area contributed by atoms with Crippen molar-refractivity contribution in [3.05, 3.63) is 41.9 Å². The number of hydrogen-bond acceptors (Lipinski definition) is 3. The van der Waals surface area contributed by atoms with E-state index in [1.807, 2.05) is 35.0 Å². The molecule has 1 N–H and O–H groups in total. The van der Waals surface area contributed by atoms with E-state index in [9.17, 15) is 0 Å². The average molecular weight is 309 g/mol. The van der Waals surface area contributed by atoms with Crippen molar-refractivity contribution in [2.45, 2.75) is 26.2 Å². The van der Waals surface area contributed by atoms with Crippen LogP contribution in [0.1, 0.15) is 30.4 Å². The Morgan fingerprint density at radius 2 is 2.09 bits per heavy atom. The summed E-state index contributed by atoms with van der Waals surface area (Å²) in [7, 11) is 1.93. The second-order valence-electron chi connectivity index (χ2n) is 6.77. The van der Waals surface area contributed by atoms with Gasteiger partial charge in [-0.1, -0.05) is 6.92 Å². The molecular weight excluding hydrogens is 286 g/mol. The Hall–Kier alpha value is -2.14. The highest BCUT2D eigenvalue weighted by molar-refractivity contribution is 5.82. The van der Waals surface area contributed by atoms with E-state index in [0.29, 0.717) is 11.8 Å². The molecule has 5 heteroatoms. The van der Waals surface area contributed by atoms with E-state index in [2.05, 4.69) is 41.5 Å². The van der Waals surface area contributed by atoms with E-state index in [4.69, 9.17) is 0 Å². The summed E-state index contributed by atoms with van der Waals surface area (Å²) in [6, 6.07) is 4.62. The molecule has 0 saturated carbocycles. The maximum absolute atomic E-state index is 4.58. The Morgan fingerprint density at radius 3 is 2.83 bits per heavy atom. The van der Waals surface area contributed by atoms with Gasteiger partial charge in [0.1, 0.15) is 5.69 Å². The van der Waals surface area contributed by atoms with E-state index in [1.54, 1.807) is 0 Å². The molecule has 0 radical (unpaired) electrons. The van der Waals surface area contributed by atoms with Gasteiger partial charge in [-0.25, -0.2) is 4.68 Å². The molecule has 1 aromatic carbocycles. The normalized spacial score (nSPS) is 21.9. The van der Waals surface area contributed by atoms with E-state index >= 15 is 0 Å². The highest BCUT2D eigenvalue weighted by Gasteiger charge is 2.24. The van der Waals surface area contributed by atoms with Crippen LogP contribution in [0.5, 0.6) is 0 Å². The summed E-state index contributed by atoms with van der Waals surface area (Å²) in [6.45, 7) is 6.78. The highest BCUT2D eigenvalue weighted by atomic mass is 15.3. The standard InChI is InChI=1S/C18H23N5/c1-12-6-14-9-21-23(15-10-20-22(3)11-15)18(14)7-17(12)16-4-5-19-8-13(16)2/h6-7,9-11,13,16,19H,4-5,8H2,1-3H3/t13-,16+/m0/s1. The van der Waals surface area contributed by atoms with E-state index in [0.717, 1.165) is 18.8 Å². The molecule has 0 unspecified atom stereocenters. The Morgan fingerprint density at radius 1 is 1.22 bits per heavy atom. The molecule has 120 valence electrons. The molecule has 1 saturated heterocycles. The van der Waals surface area contributed by atoms with Gasteiger partial charge in [0.05, 0.1) is 24.1 Å². The van der Waals surface area contributed by atoms with Crippen molar-refractivity contribution < 1.29 is 0 Å². The Balaban J connectivity index is 1.84. The maximum atomic E-state index is 4.58. The predicted molar refractivity (Wildman–Crippen MR) is 92.0 cm³/mol. The van der Waals surface area contributed by atoms with Crippen molar-refractivity contribution in [1.82, 2.24) is 24.9 Å². The number of nitrogens with zero attached hydrogens (tertiary/aromatic N) is 4. The van der Waals surface area contributed by atoms with Crippen molar-refractivity contribution in [2.75, 3.05) is 13.1 Å². The molecule has 5 nitrogen and oxygen atoms in total. The first-order valence-electron chi connectivity index (χ1n) is 8.31. The summed E-state index contributed by atoms with van der Waals surface area (Å²) in [5.74, 6) is 1.28. The minimum Gasteiger partial charge on any atom is -0.316 e. The van der Waals surface area contributed by atoms with Gasteiger partial charge in [-0.3, -0.25) is 4.68 Å². The number of rotatable bonds is 2. The lowest BCUT2D eigenvalue weighted by atomic mass is 9.80. The monoisotopic (exact) mass is 309 g/mol. The van der Waals surface area contributed by atoms with Gasteiger partial charge in [-0.2, -0.15) is 10.2 Å². The van der Waals surface area contributed by atoms with Gasteiger partial charge in [0.2, 0.25) is 0 Å². The predicted octanol–water partition coefficient (Wildman–Crippen LogP) is 2.78. The summed E-state index contributed by atoms with van der Waals surface area (Å²) in [6.07, 6.45) is 7.01. The molecule has 23 heavy (non-hydrogen) atoms. The first kappa shape index (κ1) is 14.5. The first-order valence-corrected chi connectivity index (χ1v) is 8.31. The van der Waals surface area contributed by atoms with Crippen LogP contribution >= 0.6 is 0 Å². The van der Waals surface area contributed by atoms with Crippen LogP contribution in [0, 0.1) is 12.8 Å². The summed E-state index contributed by atoms with van der Waals surface area (Å²) in [4.78, 5) is 0. The lowest BCUT2D eigenvalue weighted by Crippen LogP contribution is -2.34. The molecule has 1 aliphatic rings. The van der Waals surface area contributed by atoms with Crippen molar-refractivity contribution >= 4 is 10.9 Å². The molecule has 0 bridgehead atoms. The molecule has 3 heterocycles. The number of fused-ring (bicyclic) bond motifs is 1. The molecule has 1 aliphatic heterocycles. The molecule has 1 fully saturated rings. The van der Waals surface area contributed by atoms with Crippen molar-refractivity contribution in [2.24, 2.45) is 13.0 Å². The first-order chi connectivity index (χ1) is 11.1. The number of benzene rings is 1. The van der Waals surface area contributed by atoms with Crippen molar-refractivity contribution in [3.63, 3.8) is 0 Å². The Kier molecular flexibility index (Phi) is 3.45. The van der Waals surface area contributed by atoms with Gasteiger partial charge < -0.3 is 5.32 Å². The molecule has 4 rings (SSSR count). The second-order valence-corrected chi connectivity index (χ2v) is 6.77. The summed E-state index contributed by atoms with van der Waals surface area (Å²) in [5, 5.41) is 13.5. The number of aromatic nitrogens is 4. The van der Waals surface area contributed by atoms with Gasteiger partial charge in [0.15, 0.2) is 0 Å². The zero-order chi connectivity index (χ0) is 16.0. The Labute approximate surface area is 136 Å². The van der Waals surface area contributed by atoms with Crippen LogP contribution < -0.4 is 5.32 Å².